The summed E-state index contributed by atoms with van der Waals surface area (Å²) < 4.78 is 2.10. The molecule has 5 rings (SSSR count). The zero-order chi connectivity index (χ0) is 20.1. The topological polar surface area (TPSA) is 60.7 Å². The molecule has 5 aromatic rings. The highest BCUT2D eigenvalue weighted by Crippen LogP contribution is 2.32. The van der Waals surface area contributed by atoms with Crippen LogP contribution in [0.15, 0.2) is 54.6 Å². The minimum absolute atomic E-state index is 0.0160. The first-order valence-electron chi connectivity index (χ1n) is 8.74. The van der Waals surface area contributed by atoms with Gasteiger partial charge >= 0.3 is 0 Å². The molecule has 0 bridgehead atoms. The van der Waals surface area contributed by atoms with Crippen LogP contribution in [-0.4, -0.2) is 4.40 Å². The average molecular weight is 367 g/mol. The highest BCUT2D eigenvalue weighted by Gasteiger charge is 2.17. The molecule has 0 amide bonds. The number of fused-ring (bicyclic) bond motifs is 3. The van der Waals surface area contributed by atoms with E-state index in [1.54, 1.807) is 0 Å². The fourth-order valence-corrected chi connectivity index (χ4v) is 4.16. The SMILES string of the molecule is [C-]#[N+]/C(C#N)=c1\cc2c3ccccc3c3c/c(=C(/C#N)[N+]#[C-])c4cccc1c4n23. The van der Waals surface area contributed by atoms with Crippen LogP contribution >= 0.6 is 0 Å². The number of rotatable bonds is 0. The van der Waals surface area contributed by atoms with Crippen LogP contribution in [0.5, 0.6) is 0 Å². The zero-order valence-corrected chi connectivity index (χ0v) is 14.9. The van der Waals surface area contributed by atoms with E-state index in [0.717, 1.165) is 38.1 Å². The smallest absolute Gasteiger partial charge is 0.269 e. The van der Waals surface area contributed by atoms with E-state index in [9.17, 15) is 10.5 Å². The molecule has 0 aliphatic rings. The summed E-state index contributed by atoms with van der Waals surface area (Å²) in [4.78, 5) is 6.86. The lowest BCUT2D eigenvalue weighted by Crippen LogP contribution is -2.14. The first-order valence-corrected chi connectivity index (χ1v) is 8.74. The van der Waals surface area contributed by atoms with E-state index in [-0.39, 0.29) is 11.4 Å². The molecule has 0 atom stereocenters. The molecule has 3 aromatic heterocycles. The summed E-state index contributed by atoms with van der Waals surface area (Å²) in [7, 11) is 0. The first-order chi connectivity index (χ1) is 14.2. The van der Waals surface area contributed by atoms with E-state index >= 15 is 0 Å². The summed E-state index contributed by atoms with van der Waals surface area (Å²) in [5.41, 5.74) is 2.61. The van der Waals surface area contributed by atoms with E-state index in [1.165, 1.54) is 0 Å². The minimum Gasteiger partial charge on any atom is -0.308 e. The maximum absolute atomic E-state index is 9.52. The Hall–Kier alpha value is -4.84. The number of hydrogen-bond donors (Lipinski definition) is 0. The third-order valence-electron chi connectivity index (χ3n) is 5.31. The standard InChI is InChI=1S/C24H9N5/c1-27-20(12-25)18-10-22-14-6-3-4-7-15(14)23-11-19(21(13-26)28-2)17-9-5-8-16(18)24(17)29(22)23/h3-11H/b20-18+,21-19+. The van der Waals surface area contributed by atoms with Gasteiger partial charge in [0.1, 0.15) is 0 Å². The summed E-state index contributed by atoms with van der Waals surface area (Å²) in [6, 6.07) is 21.2. The molecule has 0 saturated heterocycles. The van der Waals surface area contributed by atoms with Crippen molar-refractivity contribution < 1.29 is 0 Å². The maximum Gasteiger partial charge on any atom is 0.269 e. The Morgan fingerprint density at radius 1 is 0.724 bits per heavy atom. The highest BCUT2D eigenvalue weighted by molar-refractivity contribution is 6.14. The molecule has 5 heteroatoms. The van der Waals surface area contributed by atoms with Crippen LogP contribution in [-0.2, 0) is 0 Å². The van der Waals surface area contributed by atoms with Crippen molar-refractivity contribution in [3.8, 4) is 12.1 Å². The van der Waals surface area contributed by atoms with Crippen molar-refractivity contribution in [1.82, 2.24) is 4.40 Å². The molecular weight excluding hydrogens is 358 g/mol. The summed E-state index contributed by atoms with van der Waals surface area (Å²) in [5, 5.41) is 23.6. The Bertz CT molecular complexity index is 1630. The fraction of sp³-hybridized carbons (Fsp3) is 0. The van der Waals surface area contributed by atoms with Crippen LogP contribution in [0.4, 0.5) is 0 Å². The van der Waals surface area contributed by atoms with Gasteiger partial charge in [0.05, 0.1) is 41.8 Å². The van der Waals surface area contributed by atoms with Gasteiger partial charge in [0.2, 0.25) is 0 Å². The number of para-hydroxylation sites is 1. The Morgan fingerprint density at radius 3 is 1.59 bits per heavy atom. The normalized spacial score (nSPS) is 13.1. The first kappa shape index (κ1) is 16.3. The van der Waals surface area contributed by atoms with Gasteiger partial charge in [-0.3, -0.25) is 0 Å². The molecule has 5 nitrogen and oxygen atoms in total. The van der Waals surface area contributed by atoms with Crippen LogP contribution in [0.2, 0.25) is 0 Å². The lowest BCUT2D eigenvalue weighted by Gasteiger charge is -2.11. The van der Waals surface area contributed by atoms with Crippen molar-refractivity contribution in [3.05, 3.63) is 87.9 Å². The van der Waals surface area contributed by atoms with Gasteiger partial charge in [0.25, 0.3) is 11.4 Å². The number of hydrogen-bond acceptors (Lipinski definition) is 2. The lowest BCUT2D eigenvalue weighted by atomic mass is 10.0. The van der Waals surface area contributed by atoms with Crippen LogP contribution in [0.1, 0.15) is 0 Å². The highest BCUT2D eigenvalue weighted by atomic mass is 14.9. The number of nitrogens with zero attached hydrogens (tertiary/aromatic N) is 5. The third kappa shape index (κ3) is 1.99. The van der Waals surface area contributed by atoms with Gasteiger partial charge in [0.15, 0.2) is 0 Å². The van der Waals surface area contributed by atoms with Crippen molar-refractivity contribution >= 4 is 49.5 Å². The molecule has 0 saturated carbocycles. The quantitative estimate of drug-likeness (QED) is 0.389. The molecule has 0 fully saturated rings. The lowest BCUT2D eigenvalue weighted by molar-refractivity contribution is 1.32. The number of nitriles is 2. The molecule has 130 valence electrons. The van der Waals surface area contributed by atoms with Crippen molar-refractivity contribution in [2.45, 2.75) is 0 Å². The van der Waals surface area contributed by atoms with E-state index in [4.69, 9.17) is 13.1 Å². The molecule has 0 N–H and O–H groups in total. The van der Waals surface area contributed by atoms with Crippen LogP contribution < -0.4 is 10.4 Å². The Morgan fingerprint density at radius 2 is 1.17 bits per heavy atom. The second-order valence-corrected chi connectivity index (χ2v) is 6.61. The van der Waals surface area contributed by atoms with Gasteiger partial charge in [-0.15, -0.1) is 0 Å². The largest absolute Gasteiger partial charge is 0.308 e. The predicted octanol–water partition coefficient (Wildman–Crippen LogP) is 3.94. The van der Waals surface area contributed by atoms with Crippen molar-refractivity contribution in [2.24, 2.45) is 0 Å². The molecule has 2 aromatic carbocycles. The van der Waals surface area contributed by atoms with Crippen LogP contribution in [0, 0.1) is 35.8 Å². The monoisotopic (exact) mass is 367 g/mol. The van der Waals surface area contributed by atoms with Gasteiger partial charge in [-0.1, -0.05) is 42.5 Å². The van der Waals surface area contributed by atoms with Gasteiger partial charge in [-0.25, -0.2) is 20.2 Å². The zero-order valence-electron chi connectivity index (χ0n) is 14.9. The average Bonchev–Trinajstić information content (AvgIpc) is 3.09. The number of aromatic nitrogens is 1. The van der Waals surface area contributed by atoms with Gasteiger partial charge < -0.3 is 4.40 Å². The Labute approximate surface area is 164 Å². The molecule has 0 radical (unpaired) electrons. The summed E-state index contributed by atoms with van der Waals surface area (Å²) in [6.07, 6.45) is 0. The molecular formula is C24H9N5. The van der Waals surface area contributed by atoms with E-state index in [0.29, 0.717) is 10.4 Å². The molecule has 0 unspecified atom stereocenters. The summed E-state index contributed by atoms with van der Waals surface area (Å²) in [5.74, 6) is 0. The Kier molecular flexibility index (Phi) is 3.29. The van der Waals surface area contributed by atoms with Crippen LogP contribution in [0.3, 0.4) is 0 Å². The molecule has 3 heterocycles. The van der Waals surface area contributed by atoms with E-state index in [2.05, 4.69) is 14.1 Å². The summed E-state index contributed by atoms with van der Waals surface area (Å²) in [6.45, 7) is 14.9. The Balaban J connectivity index is 2.33. The number of pyridine rings is 2. The van der Waals surface area contributed by atoms with Crippen LogP contribution in [0.25, 0.3) is 59.2 Å². The van der Waals surface area contributed by atoms with Crippen molar-refractivity contribution in [3.63, 3.8) is 0 Å². The van der Waals surface area contributed by atoms with Crippen molar-refractivity contribution in [2.75, 3.05) is 0 Å². The molecule has 29 heavy (non-hydrogen) atoms. The minimum atomic E-state index is 0.0160. The molecule has 0 aliphatic carbocycles. The number of benzene rings is 2. The maximum atomic E-state index is 9.52. The second-order valence-electron chi connectivity index (χ2n) is 6.61. The second kappa shape index (κ2) is 5.83. The van der Waals surface area contributed by atoms with Gasteiger partial charge in [-0.05, 0) is 22.9 Å². The van der Waals surface area contributed by atoms with Gasteiger partial charge in [0, 0.05) is 21.2 Å². The summed E-state index contributed by atoms with van der Waals surface area (Å²) >= 11 is 0. The van der Waals surface area contributed by atoms with E-state index in [1.807, 2.05) is 66.7 Å². The van der Waals surface area contributed by atoms with E-state index < -0.39 is 0 Å². The molecule has 0 spiro atoms. The van der Waals surface area contributed by atoms with Crippen molar-refractivity contribution in [1.29, 1.82) is 10.5 Å². The third-order valence-corrected chi connectivity index (χ3v) is 5.31. The molecule has 0 aliphatic heterocycles. The predicted molar refractivity (Wildman–Crippen MR) is 112 cm³/mol. The van der Waals surface area contributed by atoms with Gasteiger partial charge in [-0.2, -0.15) is 0 Å². The fourth-order valence-electron chi connectivity index (χ4n) is 4.16.